The SMILES string of the molecule is OC(c1ccccc1)C1CN(CCCF)C1. The largest absolute Gasteiger partial charge is 0.388 e. The molecular formula is C13H18FNO. The molecule has 0 aliphatic carbocycles. The molecule has 1 fully saturated rings. The number of aliphatic hydroxyl groups excluding tert-OH is 1. The molecule has 0 saturated carbocycles. The quantitative estimate of drug-likeness (QED) is 0.825. The first-order valence-electron chi connectivity index (χ1n) is 5.82. The van der Waals surface area contributed by atoms with Crippen molar-refractivity contribution in [3.05, 3.63) is 35.9 Å². The number of alkyl halides is 1. The van der Waals surface area contributed by atoms with Crippen molar-refractivity contribution < 1.29 is 9.50 Å². The van der Waals surface area contributed by atoms with Crippen molar-refractivity contribution >= 4 is 0 Å². The third kappa shape index (κ3) is 2.60. The number of nitrogens with zero attached hydrogens (tertiary/aromatic N) is 1. The van der Waals surface area contributed by atoms with Crippen molar-refractivity contribution in [3.8, 4) is 0 Å². The lowest BCUT2D eigenvalue weighted by Crippen LogP contribution is -2.49. The predicted molar refractivity (Wildman–Crippen MR) is 61.9 cm³/mol. The molecule has 1 aliphatic rings. The lowest BCUT2D eigenvalue weighted by molar-refractivity contribution is -0.00608. The van der Waals surface area contributed by atoms with Gasteiger partial charge in [-0.3, -0.25) is 4.39 Å². The summed E-state index contributed by atoms with van der Waals surface area (Å²) in [5.41, 5.74) is 0.984. The van der Waals surface area contributed by atoms with Crippen LogP contribution in [0.15, 0.2) is 30.3 Å². The molecule has 3 heteroatoms. The Morgan fingerprint density at radius 2 is 2.00 bits per heavy atom. The number of rotatable bonds is 5. The van der Waals surface area contributed by atoms with Gasteiger partial charge in [-0.05, 0) is 12.0 Å². The Kier molecular flexibility index (Phi) is 3.91. The van der Waals surface area contributed by atoms with Crippen molar-refractivity contribution in [1.29, 1.82) is 0 Å². The molecular weight excluding hydrogens is 205 g/mol. The number of hydrogen-bond acceptors (Lipinski definition) is 2. The second kappa shape index (κ2) is 5.41. The van der Waals surface area contributed by atoms with Gasteiger partial charge in [0.2, 0.25) is 0 Å². The molecule has 1 aromatic rings. The Bertz CT molecular complexity index is 311. The van der Waals surface area contributed by atoms with Gasteiger partial charge < -0.3 is 10.0 Å². The Labute approximate surface area is 95.7 Å². The number of aliphatic hydroxyl groups is 1. The fourth-order valence-corrected chi connectivity index (χ4v) is 2.20. The molecule has 2 nitrogen and oxygen atoms in total. The van der Waals surface area contributed by atoms with Crippen LogP contribution in [-0.4, -0.2) is 36.3 Å². The first kappa shape index (κ1) is 11.6. The van der Waals surface area contributed by atoms with Gasteiger partial charge in [0.05, 0.1) is 12.8 Å². The maximum Gasteiger partial charge on any atom is 0.0906 e. The Morgan fingerprint density at radius 1 is 1.31 bits per heavy atom. The number of hydrogen-bond donors (Lipinski definition) is 1. The summed E-state index contributed by atoms with van der Waals surface area (Å²) in [7, 11) is 0. The van der Waals surface area contributed by atoms with E-state index in [0.29, 0.717) is 12.3 Å². The van der Waals surface area contributed by atoms with E-state index >= 15 is 0 Å². The van der Waals surface area contributed by atoms with E-state index in [1.54, 1.807) is 0 Å². The minimum absolute atomic E-state index is 0.248. The van der Waals surface area contributed by atoms with Crippen LogP contribution in [0.2, 0.25) is 0 Å². The Balaban J connectivity index is 1.79. The molecule has 2 rings (SSSR count). The highest BCUT2D eigenvalue weighted by Crippen LogP contribution is 2.29. The molecule has 1 atom stereocenters. The summed E-state index contributed by atoms with van der Waals surface area (Å²) in [4.78, 5) is 2.19. The molecule has 0 radical (unpaired) electrons. The molecule has 88 valence electrons. The smallest absolute Gasteiger partial charge is 0.0906 e. The molecule has 1 N–H and O–H groups in total. The summed E-state index contributed by atoms with van der Waals surface area (Å²) in [6.45, 7) is 2.34. The molecule has 0 spiro atoms. The first-order chi connectivity index (χ1) is 7.81. The molecule has 1 heterocycles. The number of halogens is 1. The van der Waals surface area contributed by atoms with Crippen molar-refractivity contribution in [2.75, 3.05) is 26.3 Å². The van der Waals surface area contributed by atoms with Gasteiger partial charge in [-0.25, -0.2) is 0 Å². The third-order valence-corrected chi connectivity index (χ3v) is 3.18. The second-order valence-electron chi connectivity index (χ2n) is 4.42. The maximum atomic E-state index is 12.0. The van der Waals surface area contributed by atoms with Crippen LogP contribution in [0.5, 0.6) is 0 Å². The molecule has 0 aromatic heterocycles. The van der Waals surface area contributed by atoms with Crippen molar-refractivity contribution in [2.45, 2.75) is 12.5 Å². The summed E-state index contributed by atoms with van der Waals surface area (Å²) >= 11 is 0. The van der Waals surface area contributed by atoms with Crippen LogP contribution in [0.1, 0.15) is 18.1 Å². The summed E-state index contributed by atoms with van der Waals surface area (Å²) in [5, 5.41) is 10.1. The summed E-state index contributed by atoms with van der Waals surface area (Å²) in [6, 6.07) is 9.74. The van der Waals surface area contributed by atoms with Gasteiger partial charge in [0.1, 0.15) is 0 Å². The summed E-state index contributed by atoms with van der Waals surface area (Å²) in [6.07, 6.45) is 0.233. The van der Waals surface area contributed by atoms with Gasteiger partial charge in [-0.15, -0.1) is 0 Å². The lowest BCUT2D eigenvalue weighted by Gasteiger charge is -2.41. The highest BCUT2D eigenvalue weighted by molar-refractivity contribution is 5.18. The van der Waals surface area contributed by atoms with Gasteiger partial charge >= 0.3 is 0 Å². The monoisotopic (exact) mass is 223 g/mol. The van der Waals surface area contributed by atoms with Crippen LogP contribution >= 0.6 is 0 Å². The van der Waals surface area contributed by atoms with E-state index in [1.165, 1.54) is 0 Å². The van der Waals surface area contributed by atoms with Crippen LogP contribution < -0.4 is 0 Å². The molecule has 1 saturated heterocycles. The van der Waals surface area contributed by atoms with Crippen molar-refractivity contribution in [2.24, 2.45) is 5.92 Å². The first-order valence-corrected chi connectivity index (χ1v) is 5.82. The zero-order chi connectivity index (χ0) is 11.4. The van der Waals surface area contributed by atoms with E-state index in [1.807, 2.05) is 30.3 Å². The second-order valence-corrected chi connectivity index (χ2v) is 4.42. The summed E-state index contributed by atoms with van der Waals surface area (Å²) in [5.74, 6) is 0.307. The zero-order valence-electron chi connectivity index (χ0n) is 9.35. The minimum atomic E-state index is -0.372. The summed E-state index contributed by atoms with van der Waals surface area (Å²) < 4.78 is 12.0. The van der Waals surface area contributed by atoms with E-state index < -0.39 is 0 Å². The molecule has 1 unspecified atom stereocenters. The van der Waals surface area contributed by atoms with Gasteiger partial charge in [-0.2, -0.15) is 0 Å². The van der Waals surface area contributed by atoms with Crippen molar-refractivity contribution in [1.82, 2.24) is 4.90 Å². The zero-order valence-corrected chi connectivity index (χ0v) is 9.35. The number of likely N-dealkylation sites (tertiary alicyclic amines) is 1. The van der Waals surface area contributed by atoms with Gasteiger partial charge in [0.25, 0.3) is 0 Å². The van der Waals surface area contributed by atoms with Crippen LogP contribution in [0.4, 0.5) is 4.39 Å². The Morgan fingerprint density at radius 3 is 2.62 bits per heavy atom. The van der Waals surface area contributed by atoms with Crippen LogP contribution in [0.3, 0.4) is 0 Å². The molecule has 1 aromatic carbocycles. The lowest BCUT2D eigenvalue weighted by atomic mass is 9.89. The van der Waals surface area contributed by atoms with E-state index in [9.17, 15) is 9.50 Å². The molecule has 1 aliphatic heterocycles. The highest BCUT2D eigenvalue weighted by atomic mass is 19.1. The maximum absolute atomic E-state index is 12.0. The normalized spacial score (nSPS) is 19.4. The fraction of sp³-hybridized carbons (Fsp3) is 0.538. The molecule has 0 amide bonds. The molecule has 16 heavy (non-hydrogen) atoms. The van der Waals surface area contributed by atoms with E-state index in [2.05, 4.69) is 4.90 Å². The topological polar surface area (TPSA) is 23.5 Å². The minimum Gasteiger partial charge on any atom is -0.388 e. The van der Waals surface area contributed by atoms with E-state index in [4.69, 9.17) is 0 Å². The average molecular weight is 223 g/mol. The van der Waals surface area contributed by atoms with E-state index in [-0.39, 0.29) is 12.8 Å². The third-order valence-electron chi connectivity index (χ3n) is 3.18. The van der Waals surface area contributed by atoms with Crippen LogP contribution in [0, 0.1) is 5.92 Å². The fourth-order valence-electron chi connectivity index (χ4n) is 2.20. The van der Waals surface area contributed by atoms with Gasteiger partial charge in [0.15, 0.2) is 0 Å². The predicted octanol–water partition coefficient (Wildman–Crippen LogP) is 2.01. The Hall–Kier alpha value is -0.930. The highest BCUT2D eigenvalue weighted by Gasteiger charge is 2.32. The standard InChI is InChI=1S/C13H18FNO/c14-7-4-8-15-9-12(10-15)13(16)11-5-2-1-3-6-11/h1-3,5-6,12-13,16H,4,7-10H2. The average Bonchev–Trinajstić information content (AvgIpc) is 2.28. The van der Waals surface area contributed by atoms with Crippen LogP contribution in [-0.2, 0) is 0 Å². The van der Waals surface area contributed by atoms with Gasteiger partial charge in [-0.1, -0.05) is 30.3 Å². The molecule has 0 bridgehead atoms. The van der Waals surface area contributed by atoms with Crippen LogP contribution in [0.25, 0.3) is 0 Å². The van der Waals surface area contributed by atoms with Crippen molar-refractivity contribution in [3.63, 3.8) is 0 Å². The number of benzene rings is 1. The van der Waals surface area contributed by atoms with E-state index in [0.717, 1.165) is 25.2 Å². The van der Waals surface area contributed by atoms with Gasteiger partial charge in [0, 0.05) is 25.6 Å².